The summed E-state index contributed by atoms with van der Waals surface area (Å²) < 4.78 is 0. The lowest BCUT2D eigenvalue weighted by Crippen LogP contribution is -2.40. The lowest BCUT2D eigenvalue weighted by Gasteiger charge is -2.28. The number of nitrogens with zero attached hydrogens (tertiary/aromatic N) is 1. The van der Waals surface area contributed by atoms with Crippen LogP contribution in [0.15, 0.2) is 30.3 Å². The first-order chi connectivity index (χ1) is 10.2. The van der Waals surface area contributed by atoms with Gasteiger partial charge in [-0.25, -0.2) is 0 Å². The van der Waals surface area contributed by atoms with E-state index in [1.54, 1.807) is 0 Å². The van der Waals surface area contributed by atoms with E-state index in [2.05, 4.69) is 24.1 Å². The molecule has 2 atom stereocenters. The first kappa shape index (κ1) is 14.6. The highest BCUT2D eigenvalue weighted by atomic mass is 16.2. The Labute approximate surface area is 127 Å². The number of hydrogen-bond acceptors (Lipinski definition) is 2. The van der Waals surface area contributed by atoms with E-state index in [0.29, 0.717) is 5.41 Å². The molecule has 1 aliphatic heterocycles. The van der Waals surface area contributed by atoms with Gasteiger partial charge in [-0.05, 0) is 36.7 Å². The molecule has 2 fully saturated rings. The Morgan fingerprint density at radius 3 is 2.52 bits per heavy atom. The van der Waals surface area contributed by atoms with Gasteiger partial charge in [-0.15, -0.1) is 0 Å². The summed E-state index contributed by atoms with van der Waals surface area (Å²) in [4.78, 5) is 15.0. The molecular weight excluding hydrogens is 260 g/mol. The van der Waals surface area contributed by atoms with Gasteiger partial charge in [-0.3, -0.25) is 10.1 Å². The molecule has 0 aromatic heterocycles. The van der Waals surface area contributed by atoms with E-state index in [0.717, 1.165) is 18.5 Å². The molecule has 1 aromatic rings. The minimum absolute atomic E-state index is 0.159. The fraction of sp³-hybridized carbons (Fsp3) is 0.611. The van der Waals surface area contributed by atoms with Gasteiger partial charge in [-0.1, -0.05) is 50.6 Å². The Bertz CT molecular complexity index is 495. The minimum Gasteiger partial charge on any atom is -0.325 e. The molecule has 3 nitrogen and oxygen atoms in total. The van der Waals surface area contributed by atoms with Crippen molar-refractivity contribution in [2.45, 2.75) is 58.2 Å². The lowest BCUT2D eigenvalue weighted by atomic mass is 9.99. The summed E-state index contributed by atoms with van der Waals surface area (Å²) in [5.74, 6) is 0.260. The van der Waals surface area contributed by atoms with Crippen LogP contribution in [-0.4, -0.2) is 23.5 Å². The number of carbonyl (C=O) groups excluding carboxylic acids is 1. The topological polar surface area (TPSA) is 32.3 Å². The monoisotopic (exact) mass is 286 g/mol. The van der Waals surface area contributed by atoms with Crippen LogP contribution in [0.5, 0.6) is 0 Å². The summed E-state index contributed by atoms with van der Waals surface area (Å²) in [5, 5.41) is 3.53. The van der Waals surface area contributed by atoms with Crippen molar-refractivity contribution in [3.63, 3.8) is 0 Å². The maximum Gasteiger partial charge on any atom is 0.245 e. The average molecular weight is 286 g/mol. The highest BCUT2D eigenvalue weighted by Gasteiger charge is 2.48. The van der Waals surface area contributed by atoms with E-state index in [-0.39, 0.29) is 18.1 Å². The molecule has 1 amide bonds. The largest absolute Gasteiger partial charge is 0.325 e. The quantitative estimate of drug-likeness (QED) is 0.868. The van der Waals surface area contributed by atoms with Gasteiger partial charge >= 0.3 is 0 Å². The summed E-state index contributed by atoms with van der Waals surface area (Å²) in [6.07, 6.45) is 6.21. The molecule has 114 valence electrons. The highest BCUT2D eigenvalue weighted by Crippen LogP contribution is 2.51. The molecule has 3 rings (SSSR count). The van der Waals surface area contributed by atoms with Crippen LogP contribution in [0.2, 0.25) is 0 Å². The van der Waals surface area contributed by atoms with E-state index < -0.39 is 0 Å². The zero-order chi connectivity index (χ0) is 14.9. The lowest BCUT2D eigenvalue weighted by molar-refractivity contribution is -0.131. The highest BCUT2D eigenvalue weighted by molar-refractivity contribution is 5.85. The Hall–Kier alpha value is -1.35. The van der Waals surface area contributed by atoms with E-state index in [4.69, 9.17) is 0 Å². The second kappa shape index (κ2) is 5.80. The van der Waals surface area contributed by atoms with Gasteiger partial charge in [0.1, 0.15) is 6.04 Å². The van der Waals surface area contributed by atoms with E-state index in [1.807, 2.05) is 30.3 Å². The van der Waals surface area contributed by atoms with E-state index in [9.17, 15) is 4.79 Å². The molecular formula is C18H26N2O. The molecule has 2 unspecified atom stereocenters. The van der Waals surface area contributed by atoms with Crippen molar-refractivity contribution in [1.82, 2.24) is 10.2 Å². The van der Waals surface area contributed by atoms with Crippen molar-refractivity contribution in [3.8, 4) is 0 Å². The molecule has 1 N–H and O–H groups in total. The molecule has 1 saturated heterocycles. The smallest absolute Gasteiger partial charge is 0.245 e. The Morgan fingerprint density at radius 1 is 1.24 bits per heavy atom. The van der Waals surface area contributed by atoms with Crippen LogP contribution < -0.4 is 5.32 Å². The van der Waals surface area contributed by atoms with Crippen LogP contribution in [0, 0.1) is 5.41 Å². The maximum absolute atomic E-state index is 12.8. The molecule has 0 bridgehead atoms. The number of carbonyl (C=O) groups is 1. The number of nitrogens with one attached hydrogen (secondary N) is 1. The van der Waals surface area contributed by atoms with Gasteiger partial charge in [-0.2, -0.15) is 0 Å². The molecule has 0 spiro atoms. The first-order valence-electron chi connectivity index (χ1n) is 8.30. The van der Waals surface area contributed by atoms with Crippen molar-refractivity contribution >= 4 is 5.91 Å². The number of hydrogen-bond donors (Lipinski definition) is 1. The Balaban J connectivity index is 1.76. The molecule has 21 heavy (non-hydrogen) atoms. The van der Waals surface area contributed by atoms with Crippen molar-refractivity contribution in [1.29, 1.82) is 0 Å². The predicted octanol–water partition coefficient (Wildman–Crippen LogP) is 3.48. The number of rotatable bonds is 6. The molecule has 3 heteroatoms. The molecule has 0 radical (unpaired) electrons. The van der Waals surface area contributed by atoms with Gasteiger partial charge < -0.3 is 4.90 Å². The van der Waals surface area contributed by atoms with Gasteiger partial charge in [0.25, 0.3) is 0 Å². The molecule has 1 heterocycles. The summed E-state index contributed by atoms with van der Waals surface area (Å²) in [5.41, 5.74) is 1.51. The van der Waals surface area contributed by atoms with Crippen molar-refractivity contribution < 1.29 is 4.79 Å². The van der Waals surface area contributed by atoms with Crippen LogP contribution in [0.3, 0.4) is 0 Å². The number of amides is 1. The summed E-state index contributed by atoms with van der Waals surface area (Å²) in [6, 6.07) is 9.95. The van der Waals surface area contributed by atoms with Crippen LogP contribution >= 0.6 is 0 Å². The van der Waals surface area contributed by atoms with Crippen LogP contribution in [0.4, 0.5) is 0 Å². The van der Waals surface area contributed by atoms with Crippen molar-refractivity contribution in [3.05, 3.63) is 35.9 Å². The summed E-state index contributed by atoms with van der Waals surface area (Å²) in [7, 11) is 0. The zero-order valence-corrected chi connectivity index (χ0v) is 13.1. The van der Waals surface area contributed by atoms with Crippen LogP contribution in [0.1, 0.15) is 57.6 Å². The molecule has 1 saturated carbocycles. The molecule has 1 aliphatic carbocycles. The van der Waals surface area contributed by atoms with Crippen LogP contribution in [0.25, 0.3) is 0 Å². The van der Waals surface area contributed by atoms with Gasteiger partial charge in [0.05, 0.1) is 6.17 Å². The zero-order valence-electron chi connectivity index (χ0n) is 13.1. The predicted molar refractivity (Wildman–Crippen MR) is 84.7 cm³/mol. The van der Waals surface area contributed by atoms with Crippen molar-refractivity contribution in [2.24, 2.45) is 5.41 Å². The van der Waals surface area contributed by atoms with E-state index in [1.165, 1.54) is 25.7 Å². The first-order valence-corrected chi connectivity index (χ1v) is 8.30. The third-order valence-corrected chi connectivity index (χ3v) is 5.03. The maximum atomic E-state index is 12.8. The number of benzene rings is 1. The van der Waals surface area contributed by atoms with Gasteiger partial charge in [0, 0.05) is 6.54 Å². The second-order valence-electron chi connectivity index (χ2n) is 6.65. The third-order valence-electron chi connectivity index (χ3n) is 5.03. The summed E-state index contributed by atoms with van der Waals surface area (Å²) in [6.45, 7) is 5.34. The Morgan fingerprint density at radius 2 is 1.95 bits per heavy atom. The summed E-state index contributed by atoms with van der Waals surface area (Å²) >= 11 is 0. The van der Waals surface area contributed by atoms with Crippen LogP contribution in [-0.2, 0) is 4.79 Å². The average Bonchev–Trinajstić information content (AvgIpc) is 3.19. The van der Waals surface area contributed by atoms with Crippen molar-refractivity contribution in [2.75, 3.05) is 6.54 Å². The Kier molecular flexibility index (Phi) is 4.03. The SMILES string of the molecule is CCCC1(CN2C(=O)C(c3ccccc3)NC2CC)CC1. The van der Waals surface area contributed by atoms with Gasteiger partial charge in [0.2, 0.25) is 5.91 Å². The van der Waals surface area contributed by atoms with E-state index >= 15 is 0 Å². The fourth-order valence-corrected chi connectivity index (χ4v) is 3.64. The second-order valence-corrected chi connectivity index (χ2v) is 6.65. The molecule has 1 aromatic carbocycles. The fourth-order valence-electron chi connectivity index (χ4n) is 3.64. The molecule has 2 aliphatic rings. The standard InChI is InChI=1S/C18H26N2O/c1-3-10-18(11-12-18)13-20-15(4-2)19-16(17(20)21)14-8-6-5-7-9-14/h5-9,15-16,19H,3-4,10-13H2,1-2H3. The normalized spacial score (nSPS) is 27.1. The third kappa shape index (κ3) is 2.84. The minimum atomic E-state index is -0.159. The van der Waals surface area contributed by atoms with Gasteiger partial charge in [0.15, 0.2) is 0 Å².